The van der Waals surface area contributed by atoms with E-state index in [2.05, 4.69) is 51.2 Å². The molecule has 0 bridgehead atoms. The second kappa shape index (κ2) is 7.50. The summed E-state index contributed by atoms with van der Waals surface area (Å²) in [4.78, 5) is 0. The topological polar surface area (TPSA) is 12.0 Å². The maximum Gasteiger partial charge on any atom is -0.00258 e. The highest BCUT2D eigenvalue weighted by Gasteiger charge is 1.99. The smallest absolute Gasteiger partial charge is 0.00258 e. The molecule has 0 aliphatic carbocycles. The molecule has 1 rings (SSSR count). The van der Waals surface area contributed by atoms with Crippen LogP contribution in [0.1, 0.15) is 43.4 Å². The van der Waals surface area contributed by atoms with Crippen LogP contribution >= 0.6 is 0 Å². The fraction of sp³-hybridized carbons (Fsp3) is 0.625. The Morgan fingerprint density at radius 3 is 2.53 bits per heavy atom. The van der Waals surface area contributed by atoms with Crippen molar-refractivity contribution >= 4 is 0 Å². The first-order chi connectivity index (χ1) is 8.09. The number of rotatable bonds is 7. The van der Waals surface area contributed by atoms with E-state index >= 15 is 0 Å². The van der Waals surface area contributed by atoms with Gasteiger partial charge < -0.3 is 5.32 Å². The van der Waals surface area contributed by atoms with Gasteiger partial charge in [0.25, 0.3) is 0 Å². The first-order valence-corrected chi connectivity index (χ1v) is 6.86. The van der Waals surface area contributed by atoms with E-state index in [1.54, 1.807) is 0 Å². The maximum atomic E-state index is 3.49. The lowest BCUT2D eigenvalue weighted by molar-refractivity contribution is 0.535. The summed E-state index contributed by atoms with van der Waals surface area (Å²) < 4.78 is 0. The van der Waals surface area contributed by atoms with E-state index < -0.39 is 0 Å². The molecule has 0 amide bonds. The van der Waals surface area contributed by atoms with E-state index in [-0.39, 0.29) is 0 Å². The molecule has 0 aliphatic heterocycles. The van der Waals surface area contributed by atoms with Crippen molar-refractivity contribution < 1.29 is 0 Å². The number of hydrogen-bond acceptors (Lipinski definition) is 1. The molecule has 0 unspecified atom stereocenters. The Bertz CT molecular complexity index is 328. The second-order valence-corrected chi connectivity index (χ2v) is 5.49. The standard InChI is InChI=1S/C16H27N/c1-13(2)12-17-10-6-5-7-16-9-8-14(3)11-15(16)4/h8-9,11,13,17H,5-7,10,12H2,1-4H3. The first-order valence-electron chi connectivity index (χ1n) is 6.86. The number of nitrogens with one attached hydrogen (secondary N) is 1. The lowest BCUT2D eigenvalue weighted by atomic mass is 10.0. The van der Waals surface area contributed by atoms with Crippen LogP contribution in [0.5, 0.6) is 0 Å². The quantitative estimate of drug-likeness (QED) is 0.705. The Hall–Kier alpha value is -0.820. The van der Waals surface area contributed by atoms with Crippen molar-refractivity contribution in [3.8, 4) is 0 Å². The van der Waals surface area contributed by atoms with Crippen LogP contribution < -0.4 is 5.32 Å². The molecule has 1 aromatic carbocycles. The van der Waals surface area contributed by atoms with E-state index in [0.717, 1.165) is 19.0 Å². The third-order valence-corrected chi connectivity index (χ3v) is 3.10. The van der Waals surface area contributed by atoms with Gasteiger partial charge in [0.15, 0.2) is 0 Å². The number of hydrogen-bond donors (Lipinski definition) is 1. The summed E-state index contributed by atoms with van der Waals surface area (Å²) in [7, 11) is 0. The third-order valence-electron chi connectivity index (χ3n) is 3.10. The van der Waals surface area contributed by atoms with Crippen molar-refractivity contribution in [2.24, 2.45) is 5.92 Å². The predicted molar refractivity (Wildman–Crippen MR) is 76.6 cm³/mol. The van der Waals surface area contributed by atoms with Crippen LogP contribution in [0.15, 0.2) is 18.2 Å². The van der Waals surface area contributed by atoms with E-state index in [0.29, 0.717) is 0 Å². The van der Waals surface area contributed by atoms with Gasteiger partial charge in [0, 0.05) is 0 Å². The number of benzene rings is 1. The normalized spacial score (nSPS) is 11.1. The Kier molecular flexibility index (Phi) is 6.28. The molecule has 0 aromatic heterocycles. The molecular formula is C16H27N. The van der Waals surface area contributed by atoms with E-state index in [9.17, 15) is 0 Å². The van der Waals surface area contributed by atoms with Crippen LogP contribution in [0.4, 0.5) is 0 Å². The summed E-state index contributed by atoms with van der Waals surface area (Å²) in [6.07, 6.45) is 3.78. The Labute approximate surface area is 107 Å². The minimum Gasteiger partial charge on any atom is -0.316 e. The van der Waals surface area contributed by atoms with Crippen LogP contribution in [0.25, 0.3) is 0 Å². The minimum absolute atomic E-state index is 0.759. The van der Waals surface area contributed by atoms with Crippen molar-refractivity contribution in [2.45, 2.75) is 47.0 Å². The van der Waals surface area contributed by atoms with E-state index in [1.165, 1.54) is 36.0 Å². The zero-order valence-corrected chi connectivity index (χ0v) is 11.8. The zero-order chi connectivity index (χ0) is 12.7. The van der Waals surface area contributed by atoms with Crippen molar-refractivity contribution in [1.82, 2.24) is 5.32 Å². The van der Waals surface area contributed by atoms with Gasteiger partial charge in [-0.25, -0.2) is 0 Å². The summed E-state index contributed by atoms with van der Waals surface area (Å²) >= 11 is 0. The molecule has 0 fully saturated rings. The minimum atomic E-state index is 0.759. The SMILES string of the molecule is Cc1ccc(CCCCNCC(C)C)c(C)c1. The average molecular weight is 233 g/mol. The molecule has 1 nitrogen and oxygen atoms in total. The van der Waals surface area contributed by atoms with Gasteiger partial charge in [0.1, 0.15) is 0 Å². The van der Waals surface area contributed by atoms with Gasteiger partial charge in [0.05, 0.1) is 0 Å². The molecule has 17 heavy (non-hydrogen) atoms. The number of unbranched alkanes of at least 4 members (excludes halogenated alkanes) is 1. The predicted octanol–water partition coefficient (Wildman–Crippen LogP) is 3.87. The lowest BCUT2D eigenvalue weighted by Crippen LogP contribution is -2.20. The Balaban J connectivity index is 2.18. The zero-order valence-electron chi connectivity index (χ0n) is 11.8. The molecule has 1 N–H and O–H groups in total. The molecule has 0 saturated carbocycles. The lowest BCUT2D eigenvalue weighted by Gasteiger charge is -2.08. The summed E-state index contributed by atoms with van der Waals surface area (Å²) in [5, 5.41) is 3.49. The summed E-state index contributed by atoms with van der Waals surface area (Å²) in [6.45, 7) is 11.2. The van der Waals surface area contributed by atoms with Gasteiger partial charge in [-0.2, -0.15) is 0 Å². The van der Waals surface area contributed by atoms with Crippen molar-refractivity contribution in [1.29, 1.82) is 0 Å². The van der Waals surface area contributed by atoms with Gasteiger partial charge in [0.2, 0.25) is 0 Å². The van der Waals surface area contributed by atoms with Gasteiger partial charge in [-0.1, -0.05) is 37.6 Å². The Morgan fingerprint density at radius 2 is 1.88 bits per heavy atom. The molecule has 0 heterocycles. The Morgan fingerprint density at radius 1 is 1.12 bits per heavy atom. The monoisotopic (exact) mass is 233 g/mol. The van der Waals surface area contributed by atoms with Crippen LogP contribution in [0.2, 0.25) is 0 Å². The molecule has 1 heteroatoms. The average Bonchev–Trinajstić information content (AvgIpc) is 2.25. The summed E-state index contributed by atoms with van der Waals surface area (Å²) in [5.74, 6) is 0.759. The van der Waals surface area contributed by atoms with Gasteiger partial charge in [-0.05, 0) is 63.2 Å². The molecule has 0 saturated heterocycles. The summed E-state index contributed by atoms with van der Waals surface area (Å²) in [5.41, 5.74) is 4.32. The van der Waals surface area contributed by atoms with Crippen molar-refractivity contribution in [3.05, 3.63) is 34.9 Å². The van der Waals surface area contributed by atoms with Crippen LogP contribution in [-0.2, 0) is 6.42 Å². The highest BCUT2D eigenvalue weighted by atomic mass is 14.8. The molecule has 0 aliphatic rings. The first kappa shape index (κ1) is 14.2. The summed E-state index contributed by atoms with van der Waals surface area (Å²) in [6, 6.07) is 6.79. The highest BCUT2D eigenvalue weighted by Crippen LogP contribution is 2.13. The molecule has 0 radical (unpaired) electrons. The third kappa shape index (κ3) is 5.88. The van der Waals surface area contributed by atoms with Gasteiger partial charge >= 0.3 is 0 Å². The van der Waals surface area contributed by atoms with Crippen molar-refractivity contribution in [3.63, 3.8) is 0 Å². The number of aryl methyl sites for hydroxylation is 3. The van der Waals surface area contributed by atoms with Crippen molar-refractivity contribution in [2.75, 3.05) is 13.1 Å². The van der Waals surface area contributed by atoms with Crippen LogP contribution in [0, 0.1) is 19.8 Å². The molecule has 96 valence electrons. The maximum absolute atomic E-state index is 3.49. The molecule has 0 atom stereocenters. The van der Waals surface area contributed by atoms with Gasteiger partial charge in [-0.3, -0.25) is 0 Å². The molecule has 0 spiro atoms. The fourth-order valence-electron chi connectivity index (χ4n) is 2.08. The second-order valence-electron chi connectivity index (χ2n) is 5.49. The molecular weight excluding hydrogens is 206 g/mol. The van der Waals surface area contributed by atoms with Crippen LogP contribution in [0.3, 0.4) is 0 Å². The van der Waals surface area contributed by atoms with Gasteiger partial charge in [-0.15, -0.1) is 0 Å². The van der Waals surface area contributed by atoms with E-state index in [4.69, 9.17) is 0 Å². The highest BCUT2D eigenvalue weighted by molar-refractivity contribution is 5.30. The fourth-order valence-corrected chi connectivity index (χ4v) is 2.08. The van der Waals surface area contributed by atoms with Crippen LogP contribution in [-0.4, -0.2) is 13.1 Å². The largest absolute Gasteiger partial charge is 0.316 e. The molecule has 1 aromatic rings. The van der Waals surface area contributed by atoms with E-state index in [1.807, 2.05) is 0 Å².